The molecule has 7 heteroatoms. The minimum absolute atomic E-state index is 0.219. The highest BCUT2D eigenvalue weighted by Crippen LogP contribution is 2.22. The van der Waals surface area contributed by atoms with E-state index in [1.807, 2.05) is 61.6 Å². The van der Waals surface area contributed by atoms with Crippen molar-refractivity contribution in [1.29, 1.82) is 0 Å². The number of likely N-dealkylation sites (N-methyl/N-ethyl adjacent to an activating group) is 1. The number of amides is 3. The molecule has 0 bridgehead atoms. The summed E-state index contributed by atoms with van der Waals surface area (Å²) < 4.78 is 0. The average molecular weight is 437 g/mol. The number of carbonyl (C=O) groups is 2. The molecule has 1 saturated heterocycles. The minimum Gasteiger partial charge on any atom is -0.391 e. The zero-order valence-corrected chi connectivity index (χ0v) is 18.5. The van der Waals surface area contributed by atoms with Crippen LogP contribution in [0.15, 0.2) is 54.6 Å². The van der Waals surface area contributed by atoms with E-state index in [9.17, 15) is 14.7 Å². The predicted molar refractivity (Wildman–Crippen MR) is 123 cm³/mol. The van der Waals surface area contributed by atoms with Gasteiger partial charge in [-0.15, -0.1) is 0 Å². The van der Waals surface area contributed by atoms with E-state index >= 15 is 0 Å². The summed E-state index contributed by atoms with van der Waals surface area (Å²) in [4.78, 5) is 30.1. The molecule has 3 N–H and O–H groups in total. The van der Waals surface area contributed by atoms with Gasteiger partial charge in [-0.1, -0.05) is 54.6 Å². The Morgan fingerprint density at radius 3 is 2.28 bits per heavy atom. The van der Waals surface area contributed by atoms with Crippen LogP contribution in [0.2, 0.25) is 0 Å². The Bertz CT molecular complexity index is 928. The van der Waals surface area contributed by atoms with Gasteiger partial charge in [0.05, 0.1) is 12.1 Å². The van der Waals surface area contributed by atoms with Gasteiger partial charge in [0, 0.05) is 39.0 Å². The smallest absolute Gasteiger partial charge is 0.318 e. The molecular formula is C25H32N4O3. The van der Waals surface area contributed by atoms with Crippen LogP contribution in [0.1, 0.15) is 16.7 Å². The molecule has 0 saturated carbocycles. The number of benzene rings is 2. The Hall–Kier alpha value is -2.90. The number of urea groups is 1. The molecule has 0 radical (unpaired) electrons. The summed E-state index contributed by atoms with van der Waals surface area (Å²) in [5, 5.41) is 16.6. The lowest BCUT2D eigenvalue weighted by Gasteiger charge is -2.34. The molecule has 32 heavy (non-hydrogen) atoms. The summed E-state index contributed by atoms with van der Waals surface area (Å²) in [6.07, 6.45) is 0.830. The number of fused-ring (bicyclic) bond motifs is 1. The lowest BCUT2D eigenvalue weighted by Crippen LogP contribution is -2.58. The Balaban J connectivity index is 1.45. The van der Waals surface area contributed by atoms with Crippen molar-refractivity contribution in [3.8, 4) is 0 Å². The van der Waals surface area contributed by atoms with Crippen LogP contribution in [0.3, 0.4) is 0 Å². The topological polar surface area (TPSA) is 84.9 Å². The fourth-order valence-electron chi connectivity index (χ4n) is 4.44. The summed E-state index contributed by atoms with van der Waals surface area (Å²) in [5.74, 6) is -0.264. The summed E-state index contributed by atoms with van der Waals surface area (Å²) in [6.45, 7) is 2.91. The molecule has 3 amide bonds. The second kappa shape index (κ2) is 10.1. The van der Waals surface area contributed by atoms with Crippen LogP contribution in [0, 0.1) is 0 Å². The number of carbonyl (C=O) groups excluding carboxylic acids is 2. The van der Waals surface area contributed by atoms with Crippen molar-refractivity contribution in [3.63, 3.8) is 0 Å². The molecule has 0 spiro atoms. The zero-order valence-electron chi connectivity index (χ0n) is 18.5. The standard InChI is InChI=1S/C25H32N4O3/c1-28-11-13-29(14-12-28)25(32)27-22(15-18-7-3-2-4-8-18)24(31)26-21-16-19-9-5-6-10-20(19)17-23(21)30/h2-10,21-23,30H,11-17H2,1H3,(H,26,31)(H,27,32)/t21-,22-,23-/m0/s1. The molecule has 3 atom stereocenters. The molecule has 1 aliphatic heterocycles. The molecule has 0 unspecified atom stereocenters. The van der Waals surface area contributed by atoms with Crippen molar-refractivity contribution in [2.45, 2.75) is 37.5 Å². The maximum absolute atomic E-state index is 13.3. The Labute approximate surface area is 189 Å². The first kappa shape index (κ1) is 22.3. The molecule has 2 aliphatic rings. The molecule has 0 aromatic heterocycles. The van der Waals surface area contributed by atoms with Gasteiger partial charge in [-0.3, -0.25) is 4.79 Å². The van der Waals surface area contributed by atoms with E-state index in [0.29, 0.717) is 32.4 Å². The molecule has 1 heterocycles. The number of aliphatic hydroxyl groups is 1. The van der Waals surface area contributed by atoms with E-state index in [1.165, 1.54) is 0 Å². The molecule has 1 aliphatic carbocycles. The molecular weight excluding hydrogens is 404 g/mol. The number of rotatable bonds is 5. The zero-order chi connectivity index (χ0) is 22.5. The number of piperazine rings is 1. The van der Waals surface area contributed by atoms with Gasteiger partial charge >= 0.3 is 6.03 Å². The summed E-state index contributed by atoms with van der Waals surface area (Å²) in [6, 6.07) is 16.4. The Morgan fingerprint density at radius 2 is 1.59 bits per heavy atom. The van der Waals surface area contributed by atoms with Gasteiger partial charge in [-0.25, -0.2) is 4.79 Å². The average Bonchev–Trinajstić information content (AvgIpc) is 2.80. The van der Waals surface area contributed by atoms with Crippen LogP contribution >= 0.6 is 0 Å². The molecule has 2 aromatic rings. The van der Waals surface area contributed by atoms with Crippen LogP contribution in [-0.2, 0) is 24.1 Å². The Kier molecular flexibility index (Phi) is 7.07. The first-order valence-electron chi connectivity index (χ1n) is 11.3. The molecule has 1 fully saturated rings. The SMILES string of the molecule is CN1CCN(C(=O)N[C@@H](Cc2ccccc2)C(=O)N[C@H]2Cc3ccccc3C[C@@H]2O)CC1. The van der Waals surface area contributed by atoms with Crippen molar-refractivity contribution >= 4 is 11.9 Å². The predicted octanol–water partition coefficient (Wildman–Crippen LogP) is 1.20. The summed E-state index contributed by atoms with van der Waals surface area (Å²) in [5.41, 5.74) is 3.24. The molecule has 2 aromatic carbocycles. The fraction of sp³-hybridized carbons (Fsp3) is 0.440. The number of aliphatic hydroxyl groups excluding tert-OH is 1. The highest BCUT2D eigenvalue weighted by atomic mass is 16.3. The van der Waals surface area contributed by atoms with E-state index in [2.05, 4.69) is 15.5 Å². The van der Waals surface area contributed by atoms with Crippen molar-refractivity contribution in [2.24, 2.45) is 0 Å². The van der Waals surface area contributed by atoms with Gasteiger partial charge in [-0.05, 0) is 30.2 Å². The number of hydrogen-bond donors (Lipinski definition) is 3. The second-order valence-electron chi connectivity index (χ2n) is 8.84. The first-order valence-corrected chi connectivity index (χ1v) is 11.3. The maximum atomic E-state index is 13.3. The van der Waals surface area contributed by atoms with Gasteiger partial charge in [0.1, 0.15) is 6.04 Å². The van der Waals surface area contributed by atoms with E-state index < -0.39 is 12.1 Å². The molecule has 170 valence electrons. The third-order valence-electron chi connectivity index (χ3n) is 6.47. The summed E-state index contributed by atoms with van der Waals surface area (Å²) >= 11 is 0. The lowest BCUT2D eigenvalue weighted by molar-refractivity contribution is -0.124. The number of nitrogens with one attached hydrogen (secondary N) is 2. The number of nitrogens with zero attached hydrogens (tertiary/aromatic N) is 2. The minimum atomic E-state index is -0.714. The van der Waals surface area contributed by atoms with Gasteiger partial charge in [0.2, 0.25) is 5.91 Å². The van der Waals surface area contributed by atoms with Gasteiger partial charge in [-0.2, -0.15) is 0 Å². The highest BCUT2D eigenvalue weighted by Gasteiger charge is 2.31. The van der Waals surface area contributed by atoms with Crippen molar-refractivity contribution < 1.29 is 14.7 Å². The highest BCUT2D eigenvalue weighted by molar-refractivity contribution is 5.87. The molecule has 7 nitrogen and oxygen atoms in total. The molecule has 4 rings (SSSR count). The van der Waals surface area contributed by atoms with Crippen molar-refractivity contribution in [2.75, 3.05) is 33.2 Å². The van der Waals surface area contributed by atoms with Crippen LogP contribution < -0.4 is 10.6 Å². The van der Waals surface area contributed by atoms with Crippen molar-refractivity contribution in [1.82, 2.24) is 20.4 Å². The largest absolute Gasteiger partial charge is 0.391 e. The van der Waals surface area contributed by atoms with Crippen LogP contribution in [0.5, 0.6) is 0 Å². The second-order valence-corrected chi connectivity index (χ2v) is 8.84. The van der Waals surface area contributed by atoms with Crippen LogP contribution in [0.25, 0.3) is 0 Å². The third-order valence-corrected chi connectivity index (χ3v) is 6.47. The van der Waals surface area contributed by atoms with Crippen molar-refractivity contribution in [3.05, 3.63) is 71.3 Å². The fourth-order valence-corrected chi connectivity index (χ4v) is 4.44. The summed E-state index contributed by atoms with van der Waals surface area (Å²) in [7, 11) is 2.04. The van der Waals surface area contributed by atoms with E-state index in [1.54, 1.807) is 4.90 Å². The van der Waals surface area contributed by atoms with Crippen LogP contribution in [0.4, 0.5) is 4.79 Å². The van der Waals surface area contributed by atoms with Gasteiger partial charge in [0.15, 0.2) is 0 Å². The lowest BCUT2D eigenvalue weighted by atomic mass is 9.86. The van der Waals surface area contributed by atoms with E-state index in [0.717, 1.165) is 29.8 Å². The quantitative estimate of drug-likeness (QED) is 0.658. The number of hydrogen-bond acceptors (Lipinski definition) is 4. The monoisotopic (exact) mass is 436 g/mol. The maximum Gasteiger partial charge on any atom is 0.318 e. The van der Waals surface area contributed by atoms with Gasteiger partial charge in [0.25, 0.3) is 0 Å². The normalized spacial score (nSPS) is 22.0. The Morgan fingerprint density at radius 1 is 0.969 bits per heavy atom. The third kappa shape index (κ3) is 5.47. The van der Waals surface area contributed by atoms with E-state index in [4.69, 9.17) is 0 Å². The first-order chi connectivity index (χ1) is 15.5. The van der Waals surface area contributed by atoms with Gasteiger partial charge < -0.3 is 25.5 Å². The van der Waals surface area contributed by atoms with E-state index in [-0.39, 0.29) is 18.0 Å². The van der Waals surface area contributed by atoms with Crippen LogP contribution in [-0.4, -0.2) is 78.3 Å².